The molecule has 0 amide bonds. The molecule has 26 heavy (non-hydrogen) atoms. The SMILES string of the molecule is CCCCOC(=O)/C=C/c1nc(CO)ccc1OC(C)c1ccccc1. The van der Waals surface area contributed by atoms with Gasteiger partial charge < -0.3 is 14.6 Å². The number of unbranched alkanes of at least 4 members (excludes halogenated alkanes) is 1. The third kappa shape index (κ3) is 6.01. The molecule has 2 rings (SSSR count). The van der Waals surface area contributed by atoms with Crippen LogP contribution in [-0.2, 0) is 16.1 Å². The smallest absolute Gasteiger partial charge is 0.330 e. The van der Waals surface area contributed by atoms with E-state index in [0.717, 1.165) is 18.4 Å². The Hall–Kier alpha value is -2.66. The number of benzene rings is 1. The monoisotopic (exact) mass is 355 g/mol. The second-order valence-electron chi connectivity index (χ2n) is 5.87. The van der Waals surface area contributed by atoms with E-state index in [1.807, 2.05) is 44.2 Å². The van der Waals surface area contributed by atoms with E-state index in [-0.39, 0.29) is 12.7 Å². The third-order valence-corrected chi connectivity index (χ3v) is 3.80. The molecule has 1 aromatic carbocycles. The van der Waals surface area contributed by atoms with Crippen LogP contribution >= 0.6 is 0 Å². The van der Waals surface area contributed by atoms with Gasteiger partial charge in [-0.2, -0.15) is 0 Å². The Morgan fingerprint density at radius 3 is 2.69 bits per heavy atom. The molecule has 0 fully saturated rings. The van der Waals surface area contributed by atoms with Crippen LogP contribution in [0.3, 0.4) is 0 Å². The molecule has 1 aromatic heterocycles. The van der Waals surface area contributed by atoms with Gasteiger partial charge >= 0.3 is 5.97 Å². The van der Waals surface area contributed by atoms with Gasteiger partial charge in [-0.05, 0) is 37.1 Å². The van der Waals surface area contributed by atoms with Crippen LogP contribution in [-0.4, -0.2) is 22.7 Å². The molecule has 0 radical (unpaired) electrons. The van der Waals surface area contributed by atoms with Crippen molar-refractivity contribution in [2.24, 2.45) is 0 Å². The largest absolute Gasteiger partial charge is 0.484 e. The first-order valence-electron chi connectivity index (χ1n) is 8.81. The summed E-state index contributed by atoms with van der Waals surface area (Å²) in [6.07, 6.45) is 4.51. The fourth-order valence-electron chi connectivity index (χ4n) is 2.31. The molecule has 0 aliphatic carbocycles. The lowest BCUT2D eigenvalue weighted by atomic mass is 10.1. The maximum atomic E-state index is 11.8. The van der Waals surface area contributed by atoms with Gasteiger partial charge in [0.25, 0.3) is 0 Å². The first-order chi connectivity index (χ1) is 12.6. The number of carbonyl (C=O) groups is 1. The van der Waals surface area contributed by atoms with Crippen molar-refractivity contribution in [2.45, 2.75) is 39.4 Å². The number of hydrogen-bond acceptors (Lipinski definition) is 5. The quantitative estimate of drug-likeness (QED) is 0.417. The zero-order valence-corrected chi connectivity index (χ0v) is 15.2. The van der Waals surface area contributed by atoms with Gasteiger partial charge in [-0.3, -0.25) is 0 Å². The molecular formula is C21H25NO4. The minimum Gasteiger partial charge on any atom is -0.484 e. The van der Waals surface area contributed by atoms with Gasteiger partial charge in [0.15, 0.2) is 0 Å². The number of aliphatic hydroxyl groups is 1. The molecule has 1 unspecified atom stereocenters. The summed E-state index contributed by atoms with van der Waals surface area (Å²) in [6.45, 7) is 4.20. The van der Waals surface area contributed by atoms with E-state index in [1.165, 1.54) is 6.08 Å². The lowest BCUT2D eigenvalue weighted by Crippen LogP contribution is -2.06. The highest BCUT2D eigenvalue weighted by atomic mass is 16.5. The Labute approximate surface area is 154 Å². The van der Waals surface area contributed by atoms with Gasteiger partial charge in [-0.25, -0.2) is 9.78 Å². The zero-order valence-electron chi connectivity index (χ0n) is 15.2. The summed E-state index contributed by atoms with van der Waals surface area (Å²) in [5, 5.41) is 9.31. The predicted octanol–water partition coefficient (Wildman–Crippen LogP) is 4.07. The molecule has 138 valence electrons. The van der Waals surface area contributed by atoms with Crippen molar-refractivity contribution in [3.8, 4) is 5.75 Å². The van der Waals surface area contributed by atoms with Crippen molar-refractivity contribution in [1.82, 2.24) is 4.98 Å². The average molecular weight is 355 g/mol. The molecule has 0 aliphatic rings. The van der Waals surface area contributed by atoms with Gasteiger partial charge in [-0.1, -0.05) is 43.7 Å². The van der Waals surface area contributed by atoms with Crippen molar-refractivity contribution in [3.05, 3.63) is 65.5 Å². The van der Waals surface area contributed by atoms with E-state index in [2.05, 4.69) is 4.98 Å². The van der Waals surface area contributed by atoms with Gasteiger partial charge in [-0.15, -0.1) is 0 Å². The zero-order chi connectivity index (χ0) is 18.8. The van der Waals surface area contributed by atoms with Crippen LogP contribution in [0.2, 0.25) is 0 Å². The molecule has 0 saturated heterocycles. The number of hydrogen-bond donors (Lipinski definition) is 1. The highest BCUT2D eigenvalue weighted by molar-refractivity contribution is 5.87. The Morgan fingerprint density at radius 2 is 2.00 bits per heavy atom. The average Bonchev–Trinajstić information content (AvgIpc) is 2.68. The van der Waals surface area contributed by atoms with Crippen molar-refractivity contribution >= 4 is 12.0 Å². The van der Waals surface area contributed by atoms with Gasteiger partial charge in [0.1, 0.15) is 17.5 Å². The summed E-state index contributed by atoms with van der Waals surface area (Å²) in [4.78, 5) is 16.1. The minimum atomic E-state index is -0.420. The van der Waals surface area contributed by atoms with Crippen molar-refractivity contribution in [1.29, 1.82) is 0 Å². The second-order valence-corrected chi connectivity index (χ2v) is 5.87. The molecule has 1 heterocycles. The highest BCUT2D eigenvalue weighted by Crippen LogP contribution is 2.25. The molecule has 0 spiro atoms. The normalized spacial score (nSPS) is 12.1. The number of ether oxygens (including phenoxy) is 2. The van der Waals surface area contributed by atoms with Crippen LogP contribution in [0.25, 0.3) is 6.08 Å². The van der Waals surface area contributed by atoms with Crippen LogP contribution < -0.4 is 4.74 Å². The summed E-state index contributed by atoms with van der Waals surface area (Å²) in [7, 11) is 0. The van der Waals surface area contributed by atoms with Crippen LogP contribution in [0.15, 0.2) is 48.5 Å². The van der Waals surface area contributed by atoms with Gasteiger partial charge in [0, 0.05) is 6.08 Å². The summed E-state index contributed by atoms with van der Waals surface area (Å²) >= 11 is 0. The summed E-state index contributed by atoms with van der Waals surface area (Å²) in [5.74, 6) is 0.118. The Bertz CT molecular complexity index is 728. The number of esters is 1. The predicted molar refractivity (Wildman–Crippen MR) is 101 cm³/mol. The van der Waals surface area contributed by atoms with Gasteiger partial charge in [0.2, 0.25) is 0 Å². The lowest BCUT2D eigenvalue weighted by molar-refractivity contribution is -0.137. The van der Waals surface area contributed by atoms with Gasteiger partial charge in [0.05, 0.1) is 18.9 Å². The van der Waals surface area contributed by atoms with Crippen LogP contribution in [0, 0.1) is 0 Å². The van der Waals surface area contributed by atoms with E-state index in [9.17, 15) is 9.90 Å². The molecule has 0 saturated carbocycles. The summed E-state index contributed by atoms with van der Waals surface area (Å²) < 4.78 is 11.1. The van der Waals surface area contributed by atoms with Crippen LogP contribution in [0.5, 0.6) is 5.75 Å². The fourth-order valence-corrected chi connectivity index (χ4v) is 2.31. The second kappa shape index (κ2) is 10.4. The lowest BCUT2D eigenvalue weighted by Gasteiger charge is -2.17. The summed E-state index contributed by atoms with van der Waals surface area (Å²) in [5.41, 5.74) is 2.02. The molecule has 1 N–H and O–H groups in total. The van der Waals surface area contributed by atoms with E-state index in [1.54, 1.807) is 18.2 Å². The molecule has 5 heteroatoms. The molecule has 1 atom stereocenters. The fraction of sp³-hybridized carbons (Fsp3) is 0.333. The maximum Gasteiger partial charge on any atom is 0.330 e. The van der Waals surface area contributed by atoms with Crippen LogP contribution in [0.1, 0.15) is 49.7 Å². The topological polar surface area (TPSA) is 68.7 Å². The Kier molecular flexibility index (Phi) is 7.83. The van der Waals surface area contributed by atoms with E-state index < -0.39 is 5.97 Å². The van der Waals surface area contributed by atoms with E-state index >= 15 is 0 Å². The van der Waals surface area contributed by atoms with Crippen molar-refractivity contribution < 1.29 is 19.4 Å². The number of aliphatic hydroxyl groups excluding tert-OH is 1. The van der Waals surface area contributed by atoms with Crippen LogP contribution in [0.4, 0.5) is 0 Å². The first kappa shape index (κ1) is 19.7. The number of aromatic nitrogens is 1. The maximum absolute atomic E-state index is 11.8. The molecule has 0 aliphatic heterocycles. The number of pyridine rings is 1. The third-order valence-electron chi connectivity index (χ3n) is 3.80. The molecule has 5 nitrogen and oxygen atoms in total. The molecule has 0 bridgehead atoms. The highest BCUT2D eigenvalue weighted by Gasteiger charge is 2.11. The standard InChI is InChI=1S/C21H25NO4/c1-3-4-14-25-21(24)13-11-19-20(12-10-18(15-23)22-19)26-16(2)17-8-6-5-7-9-17/h5-13,16,23H,3-4,14-15H2,1-2H3/b13-11+. The van der Waals surface area contributed by atoms with E-state index in [0.29, 0.717) is 23.7 Å². The van der Waals surface area contributed by atoms with Crippen molar-refractivity contribution in [3.63, 3.8) is 0 Å². The number of carbonyl (C=O) groups excluding carboxylic acids is 1. The van der Waals surface area contributed by atoms with E-state index in [4.69, 9.17) is 9.47 Å². The number of rotatable bonds is 9. The molecular weight excluding hydrogens is 330 g/mol. The Morgan fingerprint density at radius 1 is 1.23 bits per heavy atom. The molecule has 2 aromatic rings. The minimum absolute atomic E-state index is 0.179. The van der Waals surface area contributed by atoms with Crippen molar-refractivity contribution in [2.75, 3.05) is 6.61 Å². The summed E-state index contributed by atoms with van der Waals surface area (Å²) in [6, 6.07) is 13.3. The first-order valence-corrected chi connectivity index (χ1v) is 8.81. The Balaban J connectivity index is 2.14. The number of nitrogens with zero attached hydrogens (tertiary/aromatic N) is 1.